The van der Waals surface area contributed by atoms with Crippen molar-refractivity contribution in [1.29, 1.82) is 0 Å². The van der Waals surface area contributed by atoms with Crippen LogP contribution in [-0.4, -0.2) is 22.3 Å². The number of nitrogens with zero attached hydrogens (tertiary/aromatic N) is 2. The summed E-state index contributed by atoms with van der Waals surface area (Å²) >= 11 is 0. The van der Waals surface area contributed by atoms with E-state index < -0.39 is 29.9 Å². The molecule has 2 N–H and O–H groups in total. The summed E-state index contributed by atoms with van der Waals surface area (Å²) in [5.74, 6) is 0. The number of aromatic nitrogens is 2. The number of rotatable bonds is 11. The van der Waals surface area contributed by atoms with Crippen LogP contribution in [0.1, 0.15) is 40.7 Å². The van der Waals surface area contributed by atoms with Crippen molar-refractivity contribution in [2.75, 3.05) is 11.9 Å². The van der Waals surface area contributed by atoms with Gasteiger partial charge in [-0.25, -0.2) is 4.98 Å². The maximum atomic E-state index is 13.6. The van der Waals surface area contributed by atoms with Crippen LogP contribution < -0.4 is 10.6 Å². The Balaban J connectivity index is 1.11. The molecule has 1 aromatic heterocycles. The third-order valence-electron chi connectivity index (χ3n) is 9.92. The van der Waals surface area contributed by atoms with Crippen LogP contribution in [0.25, 0.3) is 39.0 Å². The highest BCUT2D eigenvalue weighted by Gasteiger charge is 2.45. The zero-order chi connectivity index (χ0) is 37.5. The van der Waals surface area contributed by atoms with Crippen molar-refractivity contribution in [2.24, 2.45) is 0 Å². The molecule has 0 unspecified atom stereocenters. The van der Waals surface area contributed by atoms with Gasteiger partial charge in [0.05, 0.1) is 28.3 Å². The molecule has 7 rings (SSSR count). The first kappa shape index (κ1) is 35.6. The Kier molecular flexibility index (Phi) is 9.18. The zero-order valence-corrected chi connectivity index (χ0v) is 28.9. The fraction of sp³-hybridized carbons (Fsp3) is 0.186. The van der Waals surface area contributed by atoms with Crippen molar-refractivity contribution in [3.63, 3.8) is 0 Å². The van der Waals surface area contributed by atoms with E-state index in [4.69, 9.17) is 0 Å². The van der Waals surface area contributed by atoms with Crippen molar-refractivity contribution in [3.05, 3.63) is 162 Å². The third kappa shape index (κ3) is 6.93. The van der Waals surface area contributed by atoms with Crippen molar-refractivity contribution < 1.29 is 26.3 Å². The van der Waals surface area contributed by atoms with Crippen molar-refractivity contribution >= 4 is 22.4 Å². The molecule has 0 amide bonds. The number of aryl methyl sites for hydroxylation is 2. The lowest BCUT2D eigenvalue weighted by atomic mass is 9.72. The second-order valence-electron chi connectivity index (χ2n) is 13.4. The second kappa shape index (κ2) is 13.7. The van der Waals surface area contributed by atoms with E-state index in [2.05, 4.69) is 28.8 Å². The summed E-state index contributed by atoms with van der Waals surface area (Å²) in [6, 6.07) is 32.5. The molecule has 5 aromatic carbocycles. The molecule has 4 nitrogen and oxygen atoms in total. The maximum absolute atomic E-state index is 13.6. The molecule has 0 atom stereocenters. The normalized spacial score (nSPS) is 13.4. The highest BCUT2D eigenvalue weighted by atomic mass is 19.4. The van der Waals surface area contributed by atoms with Gasteiger partial charge in [0.15, 0.2) is 0 Å². The van der Waals surface area contributed by atoms with Crippen LogP contribution in [-0.2, 0) is 18.1 Å². The molecule has 0 bridgehead atoms. The van der Waals surface area contributed by atoms with Gasteiger partial charge in [-0.15, -0.1) is 0 Å². The predicted molar refractivity (Wildman–Crippen MR) is 199 cm³/mol. The topological polar surface area (TPSA) is 41.9 Å². The van der Waals surface area contributed by atoms with E-state index in [1.54, 1.807) is 31.5 Å². The van der Waals surface area contributed by atoms with Crippen LogP contribution in [0.15, 0.2) is 134 Å². The van der Waals surface area contributed by atoms with E-state index in [1.165, 1.54) is 0 Å². The van der Waals surface area contributed by atoms with E-state index in [9.17, 15) is 26.3 Å². The van der Waals surface area contributed by atoms with E-state index >= 15 is 0 Å². The summed E-state index contributed by atoms with van der Waals surface area (Å²) in [4.78, 5) is 4.63. The maximum Gasteiger partial charge on any atom is 0.416 e. The molecule has 1 heterocycles. The Labute approximate surface area is 303 Å². The molecular formula is C43H36F6N4. The molecule has 0 fully saturated rings. The lowest BCUT2D eigenvalue weighted by molar-refractivity contribution is -0.137. The van der Waals surface area contributed by atoms with E-state index in [0.29, 0.717) is 64.2 Å². The molecule has 0 spiro atoms. The number of allylic oxidation sites excluding steroid dienone is 1. The van der Waals surface area contributed by atoms with Crippen molar-refractivity contribution in [1.82, 2.24) is 14.9 Å². The molecule has 0 aliphatic heterocycles. The number of anilines is 1. The smallest absolute Gasteiger partial charge is 0.379 e. The number of halogens is 6. The predicted octanol–water partition coefficient (Wildman–Crippen LogP) is 11.5. The van der Waals surface area contributed by atoms with Crippen LogP contribution in [0.4, 0.5) is 32.0 Å². The second-order valence-corrected chi connectivity index (χ2v) is 13.4. The largest absolute Gasteiger partial charge is 0.416 e. The highest BCUT2D eigenvalue weighted by Crippen LogP contribution is 2.54. The average molecular weight is 723 g/mol. The van der Waals surface area contributed by atoms with Gasteiger partial charge in [0.1, 0.15) is 6.54 Å². The van der Waals surface area contributed by atoms with Gasteiger partial charge in [-0.1, -0.05) is 92.0 Å². The Hall–Kier alpha value is -5.77. The number of hydrogen-bond donors (Lipinski definition) is 2. The molecule has 53 heavy (non-hydrogen) atoms. The van der Waals surface area contributed by atoms with E-state index in [1.807, 2.05) is 83.4 Å². The summed E-state index contributed by atoms with van der Waals surface area (Å²) in [7, 11) is 0. The minimum Gasteiger partial charge on any atom is -0.379 e. The van der Waals surface area contributed by atoms with Gasteiger partial charge in [0.2, 0.25) is 0 Å². The first-order valence-corrected chi connectivity index (χ1v) is 17.1. The van der Waals surface area contributed by atoms with Gasteiger partial charge in [0, 0.05) is 29.2 Å². The number of nitrogens with one attached hydrogen (secondary N) is 2. The van der Waals surface area contributed by atoms with Crippen LogP contribution >= 0.6 is 0 Å². The molecule has 0 radical (unpaired) electrons. The number of alkyl halides is 6. The summed E-state index contributed by atoms with van der Waals surface area (Å²) < 4.78 is 83.0. The van der Waals surface area contributed by atoms with Crippen molar-refractivity contribution in [3.8, 4) is 22.3 Å². The molecule has 1 aliphatic rings. The Morgan fingerprint density at radius 3 is 2.08 bits per heavy atom. The van der Waals surface area contributed by atoms with E-state index in [0.717, 1.165) is 39.9 Å². The van der Waals surface area contributed by atoms with Crippen LogP contribution in [0, 0.1) is 6.92 Å². The fourth-order valence-electron chi connectivity index (χ4n) is 7.60. The van der Waals surface area contributed by atoms with Gasteiger partial charge in [-0.05, 0) is 89.0 Å². The SMILES string of the molecule is C=C(Nc1ccc2c(c1)ncn2CCCC1(C(=C)NCC(F)(F)F)c2ccccc2-c2ccccc21)c1ccccc1-c1cc(C)cc(C(F)(F)F)c1. The summed E-state index contributed by atoms with van der Waals surface area (Å²) in [5.41, 5.74) is 7.58. The number of hydrogen-bond acceptors (Lipinski definition) is 3. The first-order chi connectivity index (χ1) is 25.2. The Bertz CT molecular complexity index is 2300. The summed E-state index contributed by atoms with van der Waals surface area (Å²) in [6.07, 6.45) is -6.00. The lowest BCUT2D eigenvalue weighted by Gasteiger charge is -2.35. The zero-order valence-electron chi connectivity index (χ0n) is 28.9. The standard InChI is InChI=1S/C43H36F6N4/c1-27-21-30(23-31(22-27)43(47,48)49)34-12-5-4-11-33(34)28(2)52-32-17-18-40-39(24-32)51-26-53(40)20-10-19-41(29(3)50-25-42(44,45)46)37-15-8-6-13-35(37)36-14-7-9-16-38(36)41/h4-9,11-18,21-24,26,50,52H,2-3,10,19-20,25H2,1H3. The van der Waals surface area contributed by atoms with Gasteiger partial charge in [-0.2, -0.15) is 26.3 Å². The third-order valence-corrected chi connectivity index (χ3v) is 9.92. The molecule has 0 saturated heterocycles. The van der Waals surface area contributed by atoms with E-state index in [-0.39, 0.29) is 0 Å². The Morgan fingerprint density at radius 1 is 0.774 bits per heavy atom. The van der Waals surface area contributed by atoms with Crippen molar-refractivity contribution in [2.45, 2.75) is 44.1 Å². The molecule has 10 heteroatoms. The van der Waals surface area contributed by atoms with Gasteiger partial charge >= 0.3 is 12.4 Å². The minimum atomic E-state index is -4.47. The molecule has 6 aromatic rings. The quantitative estimate of drug-likeness (QED) is 0.131. The monoisotopic (exact) mass is 722 g/mol. The molecule has 0 saturated carbocycles. The lowest BCUT2D eigenvalue weighted by Crippen LogP contribution is -2.39. The van der Waals surface area contributed by atoms with Crippen LogP contribution in [0.5, 0.6) is 0 Å². The Morgan fingerprint density at radius 2 is 1.42 bits per heavy atom. The van der Waals surface area contributed by atoms with Gasteiger partial charge < -0.3 is 15.2 Å². The first-order valence-electron chi connectivity index (χ1n) is 17.1. The summed E-state index contributed by atoms with van der Waals surface area (Å²) in [5, 5.41) is 5.93. The number of imidazole rings is 1. The highest BCUT2D eigenvalue weighted by molar-refractivity contribution is 5.88. The molecule has 1 aliphatic carbocycles. The number of benzene rings is 5. The van der Waals surface area contributed by atoms with Crippen LogP contribution in [0.3, 0.4) is 0 Å². The van der Waals surface area contributed by atoms with Crippen LogP contribution in [0.2, 0.25) is 0 Å². The molecule has 270 valence electrons. The van der Waals surface area contributed by atoms with Gasteiger partial charge in [0.25, 0.3) is 0 Å². The average Bonchev–Trinajstić information content (AvgIpc) is 3.66. The minimum absolute atomic E-state index is 0.309. The molecular weight excluding hydrogens is 686 g/mol. The fourth-order valence-corrected chi connectivity index (χ4v) is 7.60. The number of fused-ring (bicyclic) bond motifs is 4. The summed E-state index contributed by atoms with van der Waals surface area (Å²) in [6.45, 7) is 9.41. The van der Waals surface area contributed by atoms with Gasteiger partial charge in [-0.3, -0.25) is 0 Å².